The maximum Gasteiger partial charge on any atom is 0.329 e. The normalized spacial score (nSPS) is 24.7. The van der Waals surface area contributed by atoms with Gasteiger partial charge in [-0.2, -0.15) is 0 Å². The first-order valence-electron chi connectivity index (χ1n) is 10.7. The van der Waals surface area contributed by atoms with Gasteiger partial charge in [-0.1, -0.05) is 25.0 Å². The third kappa shape index (κ3) is 3.72. The Morgan fingerprint density at radius 1 is 1.00 bits per heavy atom. The van der Waals surface area contributed by atoms with E-state index in [-0.39, 0.29) is 36.0 Å². The number of amides is 2. The Bertz CT molecular complexity index is 837. The van der Waals surface area contributed by atoms with Crippen LogP contribution >= 0.6 is 0 Å². The number of imide groups is 1. The zero-order valence-electron chi connectivity index (χ0n) is 16.8. The molecule has 0 spiro atoms. The van der Waals surface area contributed by atoms with Crippen LogP contribution in [-0.4, -0.2) is 41.1 Å². The van der Waals surface area contributed by atoms with Crippen molar-refractivity contribution in [2.24, 2.45) is 11.8 Å². The van der Waals surface area contributed by atoms with Gasteiger partial charge in [-0.05, 0) is 62.6 Å². The number of hydrogen-bond donors (Lipinski definition) is 0. The van der Waals surface area contributed by atoms with Crippen molar-refractivity contribution in [1.29, 1.82) is 0 Å². The maximum absolute atomic E-state index is 12.6. The van der Waals surface area contributed by atoms with Crippen LogP contribution in [-0.2, 0) is 32.0 Å². The number of ketones is 1. The van der Waals surface area contributed by atoms with Crippen molar-refractivity contribution in [2.75, 3.05) is 6.61 Å². The summed E-state index contributed by atoms with van der Waals surface area (Å²) in [5.74, 6) is -2.13. The molecule has 2 aliphatic carbocycles. The molecule has 1 aromatic rings. The predicted molar refractivity (Wildman–Crippen MR) is 105 cm³/mol. The molecule has 1 saturated heterocycles. The molecule has 0 radical (unpaired) electrons. The van der Waals surface area contributed by atoms with E-state index < -0.39 is 12.0 Å². The molecule has 1 aromatic carbocycles. The topological polar surface area (TPSA) is 80.8 Å². The molecule has 6 heteroatoms. The molecule has 0 bridgehead atoms. The van der Waals surface area contributed by atoms with Gasteiger partial charge in [0.05, 0.1) is 11.8 Å². The molecule has 154 valence electrons. The number of hydrogen-bond acceptors (Lipinski definition) is 5. The minimum atomic E-state index is -1.00. The van der Waals surface area contributed by atoms with Crippen LogP contribution in [0, 0.1) is 11.8 Å². The fraction of sp³-hybridized carbons (Fsp3) is 0.565. The van der Waals surface area contributed by atoms with Gasteiger partial charge >= 0.3 is 5.97 Å². The summed E-state index contributed by atoms with van der Waals surface area (Å²) >= 11 is 0. The Morgan fingerprint density at radius 3 is 2.28 bits per heavy atom. The van der Waals surface area contributed by atoms with Crippen LogP contribution in [0.3, 0.4) is 0 Å². The highest BCUT2D eigenvalue weighted by Crippen LogP contribution is 2.38. The van der Waals surface area contributed by atoms with Crippen LogP contribution < -0.4 is 0 Å². The lowest BCUT2D eigenvalue weighted by atomic mass is 9.81. The summed E-state index contributed by atoms with van der Waals surface area (Å²) in [4.78, 5) is 51.3. The summed E-state index contributed by atoms with van der Waals surface area (Å²) in [5, 5.41) is 0. The molecule has 4 rings (SSSR count). The fourth-order valence-corrected chi connectivity index (χ4v) is 4.92. The molecule has 0 aromatic heterocycles. The highest BCUT2D eigenvalue weighted by molar-refractivity contribution is 6.08. The van der Waals surface area contributed by atoms with E-state index in [0.717, 1.165) is 37.0 Å². The fourth-order valence-electron chi connectivity index (χ4n) is 4.92. The van der Waals surface area contributed by atoms with Gasteiger partial charge < -0.3 is 4.74 Å². The first kappa shape index (κ1) is 19.8. The minimum absolute atomic E-state index is 0.272. The number of rotatable bonds is 5. The van der Waals surface area contributed by atoms with Gasteiger partial charge in [0.2, 0.25) is 11.8 Å². The van der Waals surface area contributed by atoms with Crippen LogP contribution in [0.15, 0.2) is 18.2 Å². The molecule has 3 atom stereocenters. The van der Waals surface area contributed by atoms with E-state index in [0.29, 0.717) is 18.4 Å². The van der Waals surface area contributed by atoms with Crippen molar-refractivity contribution in [3.05, 3.63) is 34.9 Å². The average Bonchev–Trinajstić information content (AvgIpc) is 3.01. The molecule has 29 heavy (non-hydrogen) atoms. The van der Waals surface area contributed by atoms with Crippen molar-refractivity contribution >= 4 is 23.6 Å². The lowest BCUT2D eigenvalue weighted by Gasteiger charge is -2.21. The lowest BCUT2D eigenvalue weighted by molar-refractivity contribution is -0.157. The summed E-state index contributed by atoms with van der Waals surface area (Å²) in [6.45, 7) is 1.11. The average molecular weight is 397 g/mol. The second-order valence-corrected chi connectivity index (χ2v) is 8.44. The van der Waals surface area contributed by atoms with E-state index in [4.69, 9.17) is 4.74 Å². The van der Waals surface area contributed by atoms with Crippen molar-refractivity contribution in [3.63, 3.8) is 0 Å². The van der Waals surface area contributed by atoms with Gasteiger partial charge in [0.25, 0.3) is 0 Å². The first-order chi connectivity index (χ1) is 14.0. The molecular formula is C23H27NO5. The van der Waals surface area contributed by atoms with Gasteiger partial charge in [-0.15, -0.1) is 0 Å². The van der Waals surface area contributed by atoms with E-state index in [1.165, 1.54) is 24.5 Å². The molecule has 1 heterocycles. The second-order valence-electron chi connectivity index (χ2n) is 8.44. The van der Waals surface area contributed by atoms with E-state index in [2.05, 4.69) is 0 Å². The van der Waals surface area contributed by atoms with Crippen LogP contribution in [0.4, 0.5) is 0 Å². The SMILES string of the molecule is C[C@@H](C(=O)OCC(=O)c1ccc2c(c1)CCCC2)N1C(=O)[C@@H]2CCCC[C@H]2C1=O. The molecule has 0 N–H and O–H groups in total. The minimum Gasteiger partial charge on any atom is -0.456 e. The van der Waals surface area contributed by atoms with E-state index in [1.54, 1.807) is 6.07 Å². The van der Waals surface area contributed by atoms with Gasteiger partial charge in [0.15, 0.2) is 12.4 Å². The number of esters is 1. The zero-order chi connectivity index (χ0) is 20.5. The number of ether oxygens (including phenoxy) is 1. The number of likely N-dealkylation sites (tertiary alicyclic amines) is 1. The van der Waals surface area contributed by atoms with Crippen LogP contribution in [0.1, 0.15) is 66.9 Å². The van der Waals surface area contributed by atoms with Crippen molar-refractivity contribution in [1.82, 2.24) is 4.90 Å². The van der Waals surface area contributed by atoms with Gasteiger partial charge in [0.1, 0.15) is 6.04 Å². The number of nitrogens with zero attached hydrogens (tertiary/aromatic N) is 1. The lowest BCUT2D eigenvalue weighted by Crippen LogP contribution is -2.44. The molecule has 1 saturated carbocycles. The number of aryl methyl sites for hydroxylation is 2. The summed E-state index contributed by atoms with van der Waals surface area (Å²) in [5.41, 5.74) is 3.01. The molecule has 1 aliphatic heterocycles. The van der Waals surface area contributed by atoms with E-state index in [1.807, 2.05) is 12.1 Å². The molecular weight excluding hydrogens is 370 g/mol. The van der Waals surface area contributed by atoms with Crippen molar-refractivity contribution in [2.45, 2.75) is 64.3 Å². The van der Waals surface area contributed by atoms with Crippen LogP contribution in [0.2, 0.25) is 0 Å². The Labute approximate surface area is 170 Å². The number of benzene rings is 1. The maximum atomic E-state index is 12.6. The Morgan fingerprint density at radius 2 is 1.62 bits per heavy atom. The van der Waals surface area contributed by atoms with Crippen LogP contribution in [0.5, 0.6) is 0 Å². The molecule has 6 nitrogen and oxygen atoms in total. The predicted octanol–water partition coefficient (Wildman–Crippen LogP) is 2.86. The van der Waals surface area contributed by atoms with Gasteiger partial charge in [-0.3, -0.25) is 19.3 Å². The highest BCUT2D eigenvalue weighted by atomic mass is 16.5. The van der Waals surface area contributed by atoms with Gasteiger partial charge in [-0.25, -0.2) is 4.79 Å². The quantitative estimate of drug-likeness (QED) is 0.434. The standard InChI is InChI=1S/C23H27NO5/c1-14(24-21(26)18-8-4-5-9-19(18)22(24)27)23(28)29-13-20(25)17-11-10-15-6-2-3-7-16(15)12-17/h10-12,14,18-19H,2-9,13H2,1H3/t14-,18+,19+/m0/s1. The molecule has 2 amide bonds. The van der Waals surface area contributed by atoms with E-state index in [9.17, 15) is 19.2 Å². The van der Waals surface area contributed by atoms with Crippen molar-refractivity contribution < 1.29 is 23.9 Å². The van der Waals surface area contributed by atoms with E-state index >= 15 is 0 Å². The zero-order valence-corrected chi connectivity index (χ0v) is 16.8. The van der Waals surface area contributed by atoms with Crippen LogP contribution in [0.25, 0.3) is 0 Å². The smallest absolute Gasteiger partial charge is 0.329 e. The number of carbonyl (C=O) groups is 4. The number of carbonyl (C=O) groups excluding carboxylic acids is 4. The summed E-state index contributed by atoms with van der Waals surface area (Å²) in [6, 6.07) is 4.65. The molecule has 2 fully saturated rings. The molecule has 3 aliphatic rings. The Balaban J connectivity index is 1.37. The summed E-state index contributed by atoms with van der Waals surface area (Å²) in [7, 11) is 0. The van der Waals surface area contributed by atoms with Crippen molar-refractivity contribution in [3.8, 4) is 0 Å². The molecule has 0 unspecified atom stereocenters. The second kappa shape index (κ2) is 8.09. The largest absolute Gasteiger partial charge is 0.456 e. The van der Waals surface area contributed by atoms with Gasteiger partial charge in [0, 0.05) is 5.56 Å². The first-order valence-corrected chi connectivity index (χ1v) is 10.7. The summed E-state index contributed by atoms with van der Waals surface area (Å²) in [6.07, 6.45) is 7.56. The third-order valence-corrected chi connectivity index (χ3v) is 6.62. The number of Topliss-reactive ketones (excluding diaryl/α,β-unsaturated/α-hetero) is 1. The monoisotopic (exact) mass is 397 g/mol. The Hall–Kier alpha value is -2.50. The number of fused-ring (bicyclic) bond motifs is 2. The Kier molecular flexibility index (Phi) is 5.52. The third-order valence-electron chi connectivity index (χ3n) is 6.62. The summed E-state index contributed by atoms with van der Waals surface area (Å²) < 4.78 is 5.19. The highest BCUT2D eigenvalue weighted by Gasteiger charge is 2.51.